The predicted octanol–water partition coefficient (Wildman–Crippen LogP) is 4.37. The third-order valence-electron chi connectivity index (χ3n) is 4.90. The number of thiazole rings is 1. The predicted molar refractivity (Wildman–Crippen MR) is 107 cm³/mol. The van der Waals surface area contributed by atoms with Gasteiger partial charge < -0.3 is 9.84 Å². The molecule has 1 aliphatic rings. The number of anilines is 1. The lowest BCUT2D eigenvalue weighted by Crippen LogP contribution is -2.44. The van der Waals surface area contributed by atoms with E-state index in [2.05, 4.69) is 17.1 Å². The topological polar surface area (TPSA) is 79.7 Å². The van der Waals surface area contributed by atoms with E-state index < -0.39 is 18.1 Å². The zero-order valence-electron chi connectivity index (χ0n) is 15.1. The zero-order valence-corrected chi connectivity index (χ0v) is 15.9. The number of carbonyl (C=O) groups excluding carboxylic acids is 1. The van der Waals surface area contributed by atoms with E-state index in [1.165, 1.54) is 24.5 Å². The van der Waals surface area contributed by atoms with Gasteiger partial charge in [0.2, 0.25) is 0 Å². The van der Waals surface area contributed by atoms with Crippen LogP contribution in [0.5, 0.6) is 0 Å². The molecule has 4 rings (SSSR count). The molecule has 0 unspecified atom stereocenters. The van der Waals surface area contributed by atoms with Gasteiger partial charge in [-0.2, -0.15) is 0 Å². The van der Waals surface area contributed by atoms with Gasteiger partial charge in [-0.3, -0.25) is 0 Å². The molecule has 0 saturated heterocycles. The van der Waals surface area contributed by atoms with Crippen LogP contribution in [-0.4, -0.2) is 34.8 Å². The Hall–Kier alpha value is -3.19. The van der Waals surface area contributed by atoms with Crippen molar-refractivity contribution in [3.63, 3.8) is 0 Å². The van der Waals surface area contributed by atoms with Gasteiger partial charge in [0.25, 0.3) is 0 Å². The molecule has 0 saturated carbocycles. The fourth-order valence-corrected chi connectivity index (χ4v) is 4.22. The fraction of sp³-hybridized carbons (Fsp3) is 0.190. The molecule has 7 heteroatoms. The van der Waals surface area contributed by atoms with Crippen LogP contribution in [0.1, 0.15) is 24.0 Å². The van der Waals surface area contributed by atoms with E-state index in [9.17, 15) is 14.7 Å². The Morgan fingerprint density at radius 2 is 1.75 bits per heavy atom. The third-order valence-corrected chi connectivity index (χ3v) is 5.67. The summed E-state index contributed by atoms with van der Waals surface area (Å²) < 4.78 is 5.59. The fourth-order valence-electron chi connectivity index (χ4n) is 3.51. The molecule has 142 valence electrons. The molecule has 0 fully saturated rings. The van der Waals surface area contributed by atoms with Gasteiger partial charge in [-0.1, -0.05) is 48.5 Å². The van der Waals surface area contributed by atoms with Crippen molar-refractivity contribution in [2.75, 3.05) is 11.5 Å². The lowest BCUT2D eigenvalue weighted by molar-refractivity contribution is -0.138. The molecular weight excluding hydrogens is 376 g/mol. The van der Waals surface area contributed by atoms with Gasteiger partial charge in [-0.15, -0.1) is 11.3 Å². The Labute approximate surface area is 166 Å². The first-order chi connectivity index (χ1) is 13.6. The van der Waals surface area contributed by atoms with Crippen molar-refractivity contribution < 1.29 is 19.4 Å². The Morgan fingerprint density at radius 3 is 2.29 bits per heavy atom. The van der Waals surface area contributed by atoms with E-state index in [-0.39, 0.29) is 12.5 Å². The van der Waals surface area contributed by atoms with Crippen LogP contribution in [0.3, 0.4) is 0 Å². The normalized spacial score (nSPS) is 13.5. The quantitative estimate of drug-likeness (QED) is 0.695. The second-order valence-corrected chi connectivity index (χ2v) is 7.38. The highest BCUT2D eigenvalue weighted by molar-refractivity contribution is 7.13. The summed E-state index contributed by atoms with van der Waals surface area (Å²) in [6.07, 6.45) is 0.810. The number of hydrogen-bond acceptors (Lipinski definition) is 5. The summed E-state index contributed by atoms with van der Waals surface area (Å²) >= 11 is 1.19. The minimum absolute atomic E-state index is 0.0883. The molecule has 1 aliphatic carbocycles. The summed E-state index contributed by atoms with van der Waals surface area (Å²) in [5.41, 5.74) is 4.47. The van der Waals surface area contributed by atoms with E-state index in [0.717, 1.165) is 27.2 Å². The number of nitrogens with zero attached hydrogens (tertiary/aromatic N) is 2. The smallest absolute Gasteiger partial charge is 0.416 e. The molecule has 1 amide bonds. The van der Waals surface area contributed by atoms with E-state index in [1.54, 1.807) is 5.38 Å². The van der Waals surface area contributed by atoms with Gasteiger partial charge in [0.05, 0.1) is 0 Å². The summed E-state index contributed by atoms with van der Waals surface area (Å²) in [6.45, 7) is 1.56. The molecule has 0 bridgehead atoms. The molecule has 6 nitrogen and oxygen atoms in total. The maximum Gasteiger partial charge on any atom is 0.416 e. The van der Waals surface area contributed by atoms with Crippen molar-refractivity contribution in [2.24, 2.45) is 0 Å². The molecule has 2 aromatic carbocycles. The Kier molecular flexibility index (Phi) is 4.83. The first kappa shape index (κ1) is 18.2. The summed E-state index contributed by atoms with van der Waals surface area (Å²) in [4.78, 5) is 29.4. The average molecular weight is 394 g/mol. The lowest BCUT2D eigenvalue weighted by atomic mass is 9.98. The Bertz CT molecular complexity index is 973. The van der Waals surface area contributed by atoms with Gasteiger partial charge in [-0.25, -0.2) is 19.5 Å². The van der Waals surface area contributed by atoms with Crippen LogP contribution >= 0.6 is 11.3 Å². The van der Waals surface area contributed by atoms with Crippen molar-refractivity contribution >= 4 is 28.5 Å². The van der Waals surface area contributed by atoms with Crippen LogP contribution in [-0.2, 0) is 9.53 Å². The molecule has 1 N–H and O–H groups in total. The first-order valence-electron chi connectivity index (χ1n) is 8.84. The van der Waals surface area contributed by atoms with Gasteiger partial charge in [0.15, 0.2) is 5.13 Å². The molecule has 1 atom stereocenters. The lowest BCUT2D eigenvalue weighted by Gasteiger charge is -2.24. The molecule has 0 spiro atoms. The minimum Gasteiger partial charge on any atom is -0.480 e. The minimum atomic E-state index is -1.12. The summed E-state index contributed by atoms with van der Waals surface area (Å²) in [6, 6.07) is 15.0. The van der Waals surface area contributed by atoms with Crippen molar-refractivity contribution in [2.45, 2.75) is 18.9 Å². The number of carboxylic acid groups (broad SMARTS) is 1. The second kappa shape index (κ2) is 7.44. The van der Waals surface area contributed by atoms with Crippen molar-refractivity contribution in [3.05, 3.63) is 71.2 Å². The third kappa shape index (κ3) is 3.14. The van der Waals surface area contributed by atoms with Gasteiger partial charge in [-0.05, 0) is 29.2 Å². The molecule has 0 radical (unpaired) electrons. The Morgan fingerprint density at radius 1 is 1.14 bits per heavy atom. The Balaban J connectivity index is 1.58. The largest absolute Gasteiger partial charge is 0.480 e. The van der Waals surface area contributed by atoms with E-state index in [1.807, 2.05) is 36.4 Å². The van der Waals surface area contributed by atoms with Crippen molar-refractivity contribution in [1.82, 2.24) is 4.98 Å². The van der Waals surface area contributed by atoms with Crippen LogP contribution in [0.4, 0.5) is 9.93 Å². The number of benzene rings is 2. The van der Waals surface area contributed by atoms with E-state index in [4.69, 9.17) is 4.74 Å². The summed E-state index contributed by atoms with van der Waals surface area (Å²) in [5.74, 6) is -1.21. The number of hydrogen-bond donors (Lipinski definition) is 1. The standard InChI is InChI=1S/C21H18N2O4S/c1-13(19(24)25)23(20-22-10-11-28-20)21(26)27-12-18-16-8-4-2-6-14(16)15-7-3-5-9-17(15)18/h2-11,13,18H,12H2,1H3,(H,24,25)/t13-/m0/s1. The number of rotatable bonds is 5. The first-order valence-corrected chi connectivity index (χ1v) is 9.72. The highest BCUT2D eigenvalue weighted by Crippen LogP contribution is 2.44. The van der Waals surface area contributed by atoms with Crippen LogP contribution in [0.2, 0.25) is 0 Å². The maximum absolute atomic E-state index is 12.8. The molecule has 1 heterocycles. The highest BCUT2D eigenvalue weighted by Gasteiger charge is 2.33. The second-order valence-electron chi connectivity index (χ2n) is 6.50. The number of ether oxygens (including phenoxy) is 1. The molecule has 3 aromatic rings. The maximum atomic E-state index is 12.8. The van der Waals surface area contributed by atoms with E-state index >= 15 is 0 Å². The molecule has 28 heavy (non-hydrogen) atoms. The number of aromatic nitrogens is 1. The van der Waals surface area contributed by atoms with E-state index in [0.29, 0.717) is 5.13 Å². The van der Waals surface area contributed by atoms with Crippen molar-refractivity contribution in [1.29, 1.82) is 0 Å². The monoisotopic (exact) mass is 394 g/mol. The number of carboxylic acids is 1. The molecule has 1 aromatic heterocycles. The van der Waals surface area contributed by atoms with Crippen LogP contribution < -0.4 is 4.90 Å². The van der Waals surface area contributed by atoms with Gasteiger partial charge in [0, 0.05) is 17.5 Å². The summed E-state index contributed by atoms with van der Waals surface area (Å²) in [5, 5.41) is 11.4. The highest BCUT2D eigenvalue weighted by atomic mass is 32.1. The van der Waals surface area contributed by atoms with Crippen LogP contribution in [0.25, 0.3) is 11.1 Å². The summed E-state index contributed by atoms with van der Waals surface area (Å²) in [7, 11) is 0. The molecular formula is C21H18N2O4S. The van der Waals surface area contributed by atoms with Gasteiger partial charge >= 0.3 is 12.1 Å². The van der Waals surface area contributed by atoms with Crippen molar-refractivity contribution in [3.8, 4) is 11.1 Å². The number of carbonyl (C=O) groups is 2. The average Bonchev–Trinajstić information content (AvgIpc) is 3.33. The van der Waals surface area contributed by atoms with Crippen LogP contribution in [0.15, 0.2) is 60.1 Å². The number of aliphatic carboxylic acids is 1. The zero-order chi connectivity index (χ0) is 19.7. The number of fused-ring (bicyclic) bond motifs is 3. The SMILES string of the molecule is C[C@@H](C(=O)O)N(C(=O)OCC1c2ccccc2-c2ccccc21)c1nccs1. The van der Waals surface area contributed by atoms with Crippen LogP contribution in [0, 0.1) is 0 Å². The number of amides is 1. The molecule has 0 aliphatic heterocycles. The van der Waals surface area contributed by atoms with Gasteiger partial charge in [0.1, 0.15) is 12.6 Å².